The van der Waals surface area contributed by atoms with Gasteiger partial charge in [0.2, 0.25) is 25.1 Å². The number of hydrogen-bond acceptors (Lipinski definition) is 4. The SMILES string of the molecule is CN1CCCC1=O.O=CN(c1ccccc1)c1ccccc1.O=CNCC1CCCCC1.O=CNCc1ccccc1. The fourth-order valence-electron chi connectivity index (χ4n) is 4.59. The van der Waals surface area contributed by atoms with Gasteiger partial charge >= 0.3 is 0 Å². The Bertz CT molecular complexity index is 1100. The molecule has 2 aliphatic rings. The lowest BCUT2D eigenvalue weighted by molar-refractivity contribution is -0.126. The Morgan fingerprint density at radius 2 is 1.26 bits per heavy atom. The Labute approximate surface area is 250 Å². The molecule has 8 heteroatoms. The summed E-state index contributed by atoms with van der Waals surface area (Å²) in [5, 5.41) is 5.32. The molecular formula is C34H44N4O4. The van der Waals surface area contributed by atoms with Crippen LogP contribution in [-0.4, -0.2) is 50.2 Å². The van der Waals surface area contributed by atoms with Crippen molar-refractivity contribution in [2.45, 2.75) is 51.5 Å². The van der Waals surface area contributed by atoms with Gasteiger partial charge < -0.3 is 15.5 Å². The monoisotopic (exact) mass is 572 g/mol. The molecule has 5 rings (SSSR count). The van der Waals surface area contributed by atoms with Gasteiger partial charge in [-0.3, -0.25) is 24.1 Å². The minimum absolute atomic E-state index is 0.292. The molecule has 224 valence electrons. The molecule has 3 aromatic rings. The summed E-state index contributed by atoms with van der Waals surface area (Å²) in [5.41, 5.74) is 2.87. The van der Waals surface area contributed by atoms with E-state index in [4.69, 9.17) is 0 Å². The molecule has 1 aliphatic carbocycles. The van der Waals surface area contributed by atoms with E-state index in [-0.39, 0.29) is 0 Å². The highest BCUT2D eigenvalue weighted by molar-refractivity contribution is 5.86. The van der Waals surface area contributed by atoms with Gasteiger partial charge in [0, 0.05) is 44.5 Å². The van der Waals surface area contributed by atoms with Crippen molar-refractivity contribution in [1.82, 2.24) is 15.5 Å². The molecule has 2 fully saturated rings. The smallest absolute Gasteiger partial charge is 0.222 e. The topological polar surface area (TPSA) is 98.8 Å². The number of likely N-dealkylation sites (tertiary alicyclic amines) is 1. The van der Waals surface area contributed by atoms with Crippen LogP contribution in [0.5, 0.6) is 0 Å². The first-order valence-electron chi connectivity index (χ1n) is 14.6. The maximum absolute atomic E-state index is 11.0. The Balaban J connectivity index is 0.000000203. The summed E-state index contributed by atoms with van der Waals surface area (Å²) >= 11 is 0. The quantitative estimate of drug-likeness (QED) is 0.333. The highest BCUT2D eigenvalue weighted by atomic mass is 16.2. The van der Waals surface area contributed by atoms with Crippen LogP contribution in [0.3, 0.4) is 0 Å². The molecular weight excluding hydrogens is 528 g/mol. The minimum Gasteiger partial charge on any atom is -0.358 e. The van der Waals surface area contributed by atoms with E-state index in [2.05, 4.69) is 10.6 Å². The first-order chi connectivity index (χ1) is 20.6. The maximum Gasteiger partial charge on any atom is 0.222 e. The molecule has 0 spiro atoms. The molecule has 1 heterocycles. The lowest BCUT2D eigenvalue weighted by Gasteiger charge is -2.20. The van der Waals surface area contributed by atoms with Gasteiger partial charge in [0.05, 0.1) is 0 Å². The number of nitrogens with zero attached hydrogens (tertiary/aromatic N) is 2. The standard InChI is InChI=1S/C13H11NO.C8H15NO.C8H9NO.C5H9NO/c15-11-14(12-7-3-1-4-8-12)13-9-5-2-6-10-13;2*10-7-9-6-8-4-2-1-3-5-8;1-6-4-2-3-5(6)7/h1-11H;7-8H,1-6H2,(H,9,10);1-5,7H,6H2,(H,9,10);2-4H2,1H3. The van der Waals surface area contributed by atoms with Gasteiger partial charge in [-0.05, 0) is 55.0 Å². The minimum atomic E-state index is 0.292. The summed E-state index contributed by atoms with van der Waals surface area (Å²) < 4.78 is 0. The Kier molecular flexibility index (Phi) is 17.1. The van der Waals surface area contributed by atoms with Crippen molar-refractivity contribution in [1.29, 1.82) is 0 Å². The van der Waals surface area contributed by atoms with Crippen molar-refractivity contribution in [3.63, 3.8) is 0 Å². The van der Waals surface area contributed by atoms with Crippen LogP contribution in [0.1, 0.15) is 50.5 Å². The van der Waals surface area contributed by atoms with Crippen LogP contribution in [0.15, 0.2) is 91.0 Å². The van der Waals surface area contributed by atoms with Gasteiger partial charge in [0.1, 0.15) is 0 Å². The number of para-hydroxylation sites is 2. The van der Waals surface area contributed by atoms with Crippen molar-refractivity contribution in [3.8, 4) is 0 Å². The number of amides is 4. The lowest BCUT2D eigenvalue weighted by Crippen LogP contribution is -2.22. The summed E-state index contributed by atoms with van der Waals surface area (Å²) in [5.74, 6) is 1.05. The first kappa shape index (κ1) is 33.7. The summed E-state index contributed by atoms with van der Waals surface area (Å²) in [6.45, 7) is 2.46. The summed E-state index contributed by atoms with van der Waals surface area (Å²) in [6, 6.07) is 28.9. The number of rotatable bonds is 9. The third kappa shape index (κ3) is 13.7. The molecule has 1 aliphatic heterocycles. The van der Waals surface area contributed by atoms with Gasteiger partial charge in [-0.15, -0.1) is 0 Å². The van der Waals surface area contributed by atoms with Crippen molar-refractivity contribution in [2.24, 2.45) is 5.92 Å². The first-order valence-corrected chi connectivity index (χ1v) is 14.6. The molecule has 3 aromatic carbocycles. The molecule has 0 atom stereocenters. The zero-order valence-corrected chi connectivity index (χ0v) is 24.6. The van der Waals surface area contributed by atoms with Crippen LogP contribution in [0, 0.1) is 5.92 Å². The molecule has 0 aromatic heterocycles. The molecule has 0 radical (unpaired) electrons. The lowest BCUT2D eigenvalue weighted by atomic mass is 9.89. The van der Waals surface area contributed by atoms with E-state index in [0.29, 0.717) is 18.9 Å². The largest absolute Gasteiger partial charge is 0.358 e. The second-order valence-electron chi connectivity index (χ2n) is 10.1. The summed E-state index contributed by atoms with van der Waals surface area (Å²) in [4.78, 5) is 44.7. The van der Waals surface area contributed by atoms with Gasteiger partial charge in [-0.2, -0.15) is 0 Å². The second-order valence-corrected chi connectivity index (χ2v) is 10.1. The van der Waals surface area contributed by atoms with E-state index >= 15 is 0 Å². The number of nitrogens with one attached hydrogen (secondary N) is 2. The molecule has 0 unspecified atom stereocenters. The van der Waals surface area contributed by atoms with Crippen LogP contribution in [0.4, 0.5) is 11.4 Å². The number of anilines is 2. The average Bonchev–Trinajstić information content (AvgIpc) is 3.44. The third-order valence-electron chi connectivity index (χ3n) is 6.93. The number of hydrogen-bond donors (Lipinski definition) is 2. The van der Waals surface area contributed by atoms with Gasteiger partial charge in [-0.1, -0.05) is 86.0 Å². The molecule has 42 heavy (non-hydrogen) atoms. The third-order valence-corrected chi connectivity index (χ3v) is 6.93. The predicted octanol–water partition coefficient (Wildman–Crippen LogP) is 5.47. The van der Waals surface area contributed by atoms with E-state index in [9.17, 15) is 19.2 Å². The second kappa shape index (κ2) is 21.3. The number of benzene rings is 3. The fourth-order valence-corrected chi connectivity index (χ4v) is 4.59. The molecule has 2 N–H and O–H groups in total. The molecule has 1 saturated heterocycles. The molecule has 1 saturated carbocycles. The van der Waals surface area contributed by atoms with Crippen molar-refractivity contribution in [3.05, 3.63) is 96.6 Å². The van der Waals surface area contributed by atoms with Crippen LogP contribution in [0.25, 0.3) is 0 Å². The van der Waals surface area contributed by atoms with Gasteiger partial charge in [-0.25, -0.2) is 0 Å². The Hall–Kier alpha value is -4.46. The van der Waals surface area contributed by atoms with Crippen LogP contribution in [-0.2, 0) is 25.7 Å². The van der Waals surface area contributed by atoms with E-state index in [1.165, 1.54) is 32.1 Å². The van der Waals surface area contributed by atoms with Crippen molar-refractivity contribution in [2.75, 3.05) is 25.0 Å². The highest BCUT2D eigenvalue weighted by Crippen LogP contribution is 2.23. The van der Waals surface area contributed by atoms with E-state index in [1.54, 1.807) is 9.80 Å². The van der Waals surface area contributed by atoms with Crippen LogP contribution < -0.4 is 15.5 Å². The normalized spacial score (nSPS) is 13.9. The van der Waals surface area contributed by atoms with Gasteiger partial charge in [0.15, 0.2) is 0 Å². The van der Waals surface area contributed by atoms with Crippen molar-refractivity contribution >= 4 is 36.5 Å². The fraction of sp³-hybridized carbons (Fsp3) is 0.353. The molecule has 0 bridgehead atoms. The Morgan fingerprint density at radius 1 is 0.738 bits per heavy atom. The average molecular weight is 573 g/mol. The van der Waals surface area contributed by atoms with Crippen molar-refractivity contribution < 1.29 is 19.2 Å². The Morgan fingerprint density at radius 3 is 1.67 bits per heavy atom. The van der Waals surface area contributed by atoms with Crippen LogP contribution >= 0.6 is 0 Å². The zero-order chi connectivity index (χ0) is 30.3. The predicted molar refractivity (Wildman–Crippen MR) is 168 cm³/mol. The molecule has 4 amide bonds. The van der Waals surface area contributed by atoms with Gasteiger partial charge in [0.25, 0.3) is 0 Å². The summed E-state index contributed by atoms with van der Waals surface area (Å²) in [7, 11) is 1.84. The number of carbonyl (C=O) groups is 4. The highest BCUT2D eigenvalue weighted by Gasteiger charge is 2.14. The summed E-state index contributed by atoms with van der Waals surface area (Å²) in [6.07, 6.45) is 10.8. The van der Waals surface area contributed by atoms with E-state index in [1.807, 2.05) is 98.0 Å². The van der Waals surface area contributed by atoms with E-state index in [0.717, 1.165) is 61.6 Å². The molecule has 8 nitrogen and oxygen atoms in total. The zero-order valence-electron chi connectivity index (χ0n) is 24.6. The number of carbonyl (C=O) groups excluding carboxylic acids is 4. The maximum atomic E-state index is 11.0. The van der Waals surface area contributed by atoms with Crippen LogP contribution in [0.2, 0.25) is 0 Å². The van der Waals surface area contributed by atoms with E-state index < -0.39 is 0 Å².